The van der Waals surface area contributed by atoms with Crippen LogP contribution in [-0.4, -0.2) is 55.6 Å². The number of rotatable bonds is 5. The number of aliphatic imine (C=N–C) groups is 1. The molecule has 1 amide bonds. The monoisotopic (exact) mass is 520 g/mol. The molecule has 0 bridgehead atoms. The summed E-state index contributed by atoms with van der Waals surface area (Å²) in [6.07, 6.45) is -0.123. The van der Waals surface area contributed by atoms with Crippen LogP contribution in [0.5, 0.6) is 0 Å². The topological polar surface area (TPSA) is 66.0 Å². The highest BCUT2D eigenvalue weighted by Gasteiger charge is 2.28. The predicted octanol–water partition coefficient (Wildman–Crippen LogP) is 3.33. The average Bonchev–Trinajstić information content (AvgIpc) is 2.63. The highest BCUT2D eigenvalue weighted by molar-refractivity contribution is 14.0. The van der Waals surface area contributed by atoms with Gasteiger partial charge in [-0.15, -0.1) is 24.0 Å². The second-order valence-corrected chi connectivity index (χ2v) is 8.13. The van der Waals surface area contributed by atoms with Gasteiger partial charge >= 0.3 is 0 Å². The van der Waals surface area contributed by atoms with E-state index in [2.05, 4.69) is 20.5 Å². The summed E-state index contributed by atoms with van der Waals surface area (Å²) in [6, 6.07) is 6.45. The zero-order valence-electron chi connectivity index (χ0n) is 18.0. The maximum atomic E-state index is 13.2. The molecule has 1 aromatic rings. The molecule has 1 heterocycles. The number of ether oxygens (including phenoxy) is 1. The summed E-state index contributed by atoms with van der Waals surface area (Å²) in [5.74, 6) is 0.565. The van der Waals surface area contributed by atoms with Crippen molar-refractivity contribution in [3.8, 4) is 0 Å². The number of carbonyl (C=O) groups is 1. The van der Waals surface area contributed by atoms with E-state index >= 15 is 0 Å². The van der Waals surface area contributed by atoms with Crippen LogP contribution in [0, 0.1) is 11.2 Å². The van der Waals surface area contributed by atoms with Gasteiger partial charge < -0.3 is 20.3 Å². The van der Waals surface area contributed by atoms with E-state index in [-0.39, 0.29) is 47.9 Å². The van der Waals surface area contributed by atoms with Gasteiger partial charge in [-0.3, -0.25) is 9.79 Å². The van der Waals surface area contributed by atoms with Gasteiger partial charge in [-0.1, -0.05) is 32.9 Å². The first-order valence-corrected chi connectivity index (χ1v) is 9.93. The third-order valence-electron chi connectivity index (χ3n) is 4.48. The van der Waals surface area contributed by atoms with E-state index < -0.39 is 5.41 Å². The summed E-state index contributed by atoms with van der Waals surface area (Å²) in [6.45, 7) is 12.8. The number of nitrogens with one attached hydrogen (secondary N) is 2. The van der Waals surface area contributed by atoms with Crippen molar-refractivity contribution in [3.63, 3.8) is 0 Å². The van der Waals surface area contributed by atoms with E-state index in [1.165, 1.54) is 12.1 Å². The standard InChI is InChI=1S/C21H33FN4O2.HI/c1-6-23-20(25-12-11-24-19(27)21(3,4)5)26-13-15(2)28-18(14-26)16-7-9-17(22)10-8-16;/h7-10,15,18H,6,11-14H2,1-5H3,(H,23,25)(H,24,27);1H. The van der Waals surface area contributed by atoms with Crippen LogP contribution in [0.25, 0.3) is 0 Å². The number of nitrogens with zero attached hydrogens (tertiary/aromatic N) is 2. The van der Waals surface area contributed by atoms with Crippen molar-refractivity contribution in [2.75, 3.05) is 32.7 Å². The molecule has 1 aromatic carbocycles. The van der Waals surface area contributed by atoms with Crippen LogP contribution >= 0.6 is 24.0 Å². The van der Waals surface area contributed by atoms with Gasteiger partial charge in [0, 0.05) is 25.0 Å². The van der Waals surface area contributed by atoms with Crippen LogP contribution in [-0.2, 0) is 9.53 Å². The van der Waals surface area contributed by atoms with Gasteiger partial charge in [-0.05, 0) is 31.5 Å². The van der Waals surface area contributed by atoms with E-state index in [4.69, 9.17) is 4.74 Å². The van der Waals surface area contributed by atoms with Gasteiger partial charge in [0.15, 0.2) is 5.96 Å². The molecule has 2 N–H and O–H groups in total. The number of benzene rings is 1. The van der Waals surface area contributed by atoms with Crippen molar-refractivity contribution in [1.82, 2.24) is 15.5 Å². The Morgan fingerprint density at radius 3 is 2.48 bits per heavy atom. The molecule has 6 nitrogen and oxygen atoms in total. The van der Waals surface area contributed by atoms with E-state index in [0.29, 0.717) is 19.6 Å². The maximum absolute atomic E-state index is 13.2. The normalized spacial score (nSPS) is 20.1. The SMILES string of the molecule is CCNC(=NCCNC(=O)C(C)(C)C)N1CC(C)OC(c2ccc(F)cc2)C1.I. The summed E-state index contributed by atoms with van der Waals surface area (Å²) in [4.78, 5) is 18.8. The van der Waals surface area contributed by atoms with Crippen LogP contribution < -0.4 is 10.6 Å². The second-order valence-electron chi connectivity index (χ2n) is 8.13. The molecule has 2 atom stereocenters. The average molecular weight is 520 g/mol. The van der Waals surface area contributed by atoms with E-state index in [9.17, 15) is 9.18 Å². The van der Waals surface area contributed by atoms with E-state index in [0.717, 1.165) is 24.6 Å². The highest BCUT2D eigenvalue weighted by Crippen LogP contribution is 2.25. The van der Waals surface area contributed by atoms with Crippen molar-refractivity contribution in [3.05, 3.63) is 35.6 Å². The fourth-order valence-electron chi connectivity index (χ4n) is 3.01. The summed E-state index contributed by atoms with van der Waals surface area (Å²) in [5.41, 5.74) is 0.544. The van der Waals surface area contributed by atoms with Crippen molar-refractivity contribution in [1.29, 1.82) is 0 Å². The minimum atomic E-state index is -0.407. The van der Waals surface area contributed by atoms with Gasteiger partial charge in [-0.2, -0.15) is 0 Å². The Bertz CT molecular complexity index is 676. The smallest absolute Gasteiger partial charge is 0.225 e. The van der Waals surface area contributed by atoms with Gasteiger partial charge in [-0.25, -0.2) is 4.39 Å². The summed E-state index contributed by atoms with van der Waals surface area (Å²) >= 11 is 0. The molecule has 2 unspecified atom stereocenters. The summed E-state index contributed by atoms with van der Waals surface area (Å²) in [5, 5.41) is 6.24. The number of hydrogen-bond donors (Lipinski definition) is 2. The Labute approximate surface area is 190 Å². The van der Waals surface area contributed by atoms with Crippen LogP contribution in [0.3, 0.4) is 0 Å². The van der Waals surface area contributed by atoms with Gasteiger partial charge in [0.2, 0.25) is 5.91 Å². The quantitative estimate of drug-likeness (QED) is 0.271. The maximum Gasteiger partial charge on any atom is 0.225 e. The molecular weight excluding hydrogens is 486 g/mol. The molecule has 1 aliphatic rings. The van der Waals surface area contributed by atoms with Gasteiger partial charge in [0.1, 0.15) is 11.9 Å². The molecule has 0 aliphatic carbocycles. The number of halogens is 2. The first-order valence-electron chi connectivity index (χ1n) is 9.93. The van der Waals surface area contributed by atoms with Crippen molar-refractivity contribution in [2.45, 2.75) is 46.8 Å². The van der Waals surface area contributed by atoms with Crippen LogP contribution in [0.15, 0.2) is 29.3 Å². The van der Waals surface area contributed by atoms with Crippen molar-refractivity contribution >= 4 is 35.8 Å². The second kappa shape index (κ2) is 11.7. The fourth-order valence-corrected chi connectivity index (χ4v) is 3.01. The molecule has 29 heavy (non-hydrogen) atoms. The fraction of sp³-hybridized carbons (Fsp3) is 0.619. The van der Waals surface area contributed by atoms with Gasteiger partial charge in [0.25, 0.3) is 0 Å². The lowest BCUT2D eigenvalue weighted by Gasteiger charge is -2.38. The van der Waals surface area contributed by atoms with E-state index in [1.54, 1.807) is 12.1 Å². The first kappa shape index (κ1) is 25.6. The van der Waals surface area contributed by atoms with Crippen molar-refractivity contribution < 1.29 is 13.9 Å². The number of amides is 1. The van der Waals surface area contributed by atoms with Crippen LogP contribution in [0.4, 0.5) is 4.39 Å². The third kappa shape index (κ3) is 8.08. The zero-order valence-corrected chi connectivity index (χ0v) is 20.3. The van der Waals surface area contributed by atoms with Gasteiger partial charge in [0.05, 0.1) is 19.2 Å². The Morgan fingerprint density at radius 2 is 1.90 bits per heavy atom. The van der Waals surface area contributed by atoms with E-state index in [1.807, 2.05) is 34.6 Å². The molecule has 0 radical (unpaired) electrons. The minimum absolute atomic E-state index is 0. The molecule has 0 spiro atoms. The lowest BCUT2D eigenvalue weighted by Crippen LogP contribution is -2.51. The lowest BCUT2D eigenvalue weighted by molar-refractivity contribution is -0.128. The molecule has 2 rings (SSSR count). The molecule has 8 heteroatoms. The molecule has 1 saturated heterocycles. The minimum Gasteiger partial charge on any atom is -0.367 e. The Hall–Kier alpha value is -1.42. The summed E-state index contributed by atoms with van der Waals surface area (Å²) in [7, 11) is 0. The van der Waals surface area contributed by atoms with Crippen LogP contribution in [0.1, 0.15) is 46.3 Å². The first-order chi connectivity index (χ1) is 13.2. The Kier molecular flexibility index (Phi) is 10.3. The molecule has 1 aliphatic heterocycles. The Morgan fingerprint density at radius 1 is 1.24 bits per heavy atom. The zero-order chi connectivity index (χ0) is 20.7. The number of morpholine rings is 1. The third-order valence-corrected chi connectivity index (χ3v) is 4.48. The molecule has 164 valence electrons. The molecule has 1 fully saturated rings. The lowest BCUT2D eigenvalue weighted by atomic mass is 9.96. The highest BCUT2D eigenvalue weighted by atomic mass is 127. The number of guanidine groups is 1. The predicted molar refractivity (Wildman–Crippen MR) is 125 cm³/mol. The van der Waals surface area contributed by atoms with Crippen LogP contribution in [0.2, 0.25) is 0 Å². The molecule has 0 aromatic heterocycles. The molecular formula is C21H34FIN4O2. The summed E-state index contributed by atoms with van der Waals surface area (Å²) < 4.78 is 19.3. The number of hydrogen-bond acceptors (Lipinski definition) is 3. The number of carbonyl (C=O) groups excluding carboxylic acids is 1. The Balaban J connectivity index is 0.00000420. The largest absolute Gasteiger partial charge is 0.367 e. The molecule has 0 saturated carbocycles. The van der Waals surface area contributed by atoms with Crippen molar-refractivity contribution in [2.24, 2.45) is 10.4 Å².